The highest BCUT2D eigenvalue weighted by atomic mass is 16.2. The van der Waals surface area contributed by atoms with Gasteiger partial charge in [-0.2, -0.15) is 4.99 Å². The number of aromatic amines is 1. The van der Waals surface area contributed by atoms with Crippen LogP contribution in [-0.2, 0) is 11.3 Å². The van der Waals surface area contributed by atoms with E-state index in [2.05, 4.69) is 9.98 Å². The van der Waals surface area contributed by atoms with Crippen molar-refractivity contribution in [2.45, 2.75) is 13.5 Å². The number of H-pyrrole nitrogens is 1. The molecule has 1 rings (SSSR count). The molecule has 1 aromatic rings. The van der Waals surface area contributed by atoms with Crippen LogP contribution in [0.5, 0.6) is 0 Å². The quantitative estimate of drug-likeness (QED) is 0.382. The number of amides is 1. The Morgan fingerprint density at radius 3 is 2.69 bits per heavy atom. The van der Waals surface area contributed by atoms with Gasteiger partial charge in [0.1, 0.15) is 6.54 Å². The number of hydrogen-bond donors (Lipinski definition) is 3. The molecule has 0 aliphatic carbocycles. The first kappa shape index (κ1) is 11.7. The first-order chi connectivity index (χ1) is 7.40. The molecule has 0 bridgehead atoms. The summed E-state index contributed by atoms with van der Waals surface area (Å²) < 4.78 is 1.02. The molecule has 1 aromatic heterocycles. The number of carbonyl (C=O) groups excluding carboxylic acids is 1. The standard InChI is InChI=1S/C8H11N5O3/c1-4-2-13(8(16)12-6(4)15)3-5(14)11-7(9)10/h2H,3H2,1H3,(H,12,15,16)(H4,9,10,11,14). The maximum Gasteiger partial charge on any atom is 0.328 e. The molecule has 0 unspecified atom stereocenters. The number of rotatable bonds is 2. The predicted molar refractivity (Wildman–Crippen MR) is 56.9 cm³/mol. The molecule has 1 amide bonds. The van der Waals surface area contributed by atoms with Crippen LogP contribution >= 0.6 is 0 Å². The third-order valence-electron chi connectivity index (χ3n) is 1.75. The summed E-state index contributed by atoms with van der Waals surface area (Å²) in [5.74, 6) is -1.05. The Labute approximate surface area is 89.6 Å². The van der Waals surface area contributed by atoms with Crippen LogP contribution in [0.3, 0.4) is 0 Å². The SMILES string of the molecule is Cc1cn(CC(=O)N=C(N)N)c(=O)[nH]c1=O. The van der Waals surface area contributed by atoms with E-state index in [0.29, 0.717) is 5.56 Å². The summed E-state index contributed by atoms with van der Waals surface area (Å²) >= 11 is 0. The van der Waals surface area contributed by atoms with Crippen molar-refractivity contribution < 1.29 is 4.79 Å². The summed E-state index contributed by atoms with van der Waals surface area (Å²) in [4.78, 5) is 38.8. The van der Waals surface area contributed by atoms with Crippen molar-refractivity contribution in [3.8, 4) is 0 Å². The lowest BCUT2D eigenvalue weighted by Gasteiger charge is -2.02. The molecular weight excluding hydrogens is 214 g/mol. The van der Waals surface area contributed by atoms with E-state index in [1.807, 2.05) is 0 Å². The molecule has 16 heavy (non-hydrogen) atoms. The van der Waals surface area contributed by atoms with Gasteiger partial charge < -0.3 is 11.5 Å². The molecule has 0 aliphatic rings. The molecule has 86 valence electrons. The molecule has 0 saturated carbocycles. The Balaban J connectivity index is 3.04. The van der Waals surface area contributed by atoms with Gasteiger partial charge in [0.25, 0.3) is 11.5 Å². The molecule has 0 aromatic carbocycles. The lowest BCUT2D eigenvalue weighted by molar-refractivity contribution is -0.118. The van der Waals surface area contributed by atoms with Crippen molar-refractivity contribution in [2.75, 3.05) is 0 Å². The number of nitrogens with two attached hydrogens (primary N) is 2. The van der Waals surface area contributed by atoms with Crippen molar-refractivity contribution in [1.82, 2.24) is 9.55 Å². The van der Waals surface area contributed by atoms with E-state index in [1.165, 1.54) is 13.1 Å². The average molecular weight is 225 g/mol. The summed E-state index contributed by atoms with van der Waals surface area (Å²) in [6.07, 6.45) is 1.27. The van der Waals surface area contributed by atoms with E-state index in [-0.39, 0.29) is 12.5 Å². The van der Waals surface area contributed by atoms with Crippen LogP contribution in [-0.4, -0.2) is 21.4 Å². The zero-order valence-corrected chi connectivity index (χ0v) is 8.56. The van der Waals surface area contributed by atoms with Crippen LogP contribution < -0.4 is 22.7 Å². The largest absolute Gasteiger partial charge is 0.370 e. The molecule has 0 aliphatic heterocycles. The summed E-state index contributed by atoms with van der Waals surface area (Å²) in [6.45, 7) is 1.19. The summed E-state index contributed by atoms with van der Waals surface area (Å²) in [6, 6.07) is 0. The first-order valence-corrected chi connectivity index (χ1v) is 4.33. The number of carbonyl (C=O) groups is 1. The predicted octanol–water partition coefficient (Wildman–Crippen LogP) is -2.35. The van der Waals surface area contributed by atoms with Crippen molar-refractivity contribution in [2.24, 2.45) is 16.5 Å². The molecule has 0 spiro atoms. The molecule has 0 saturated heterocycles. The Morgan fingerprint density at radius 1 is 1.50 bits per heavy atom. The van der Waals surface area contributed by atoms with Crippen LogP contribution in [0, 0.1) is 6.92 Å². The first-order valence-electron chi connectivity index (χ1n) is 4.33. The zero-order chi connectivity index (χ0) is 12.3. The van der Waals surface area contributed by atoms with E-state index in [9.17, 15) is 14.4 Å². The highest BCUT2D eigenvalue weighted by Gasteiger charge is 2.05. The van der Waals surface area contributed by atoms with E-state index < -0.39 is 17.2 Å². The third kappa shape index (κ3) is 2.80. The number of nitrogens with one attached hydrogen (secondary N) is 1. The topological polar surface area (TPSA) is 136 Å². The summed E-state index contributed by atoms with van der Waals surface area (Å²) in [5.41, 5.74) is 9.14. The van der Waals surface area contributed by atoms with Gasteiger partial charge >= 0.3 is 5.69 Å². The van der Waals surface area contributed by atoms with E-state index in [4.69, 9.17) is 11.5 Å². The molecule has 0 radical (unpaired) electrons. The van der Waals surface area contributed by atoms with Gasteiger partial charge in [-0.1, -0.05) is 0 Å². The van der Waals surface area contributed by atoms with Crippen LogP contribution in [0.1, 0.15) is 5.56 Å². The molecule has 1 heterocycles. The fourth-order valence-corrected chi connectivity index (χ4v) is 1.06. The van der Waals surface area contributed by atoms with Crippen molar-refractivity contribution in [1.29, 1.82) is 0 Å². The van der Waals surface area contributed by atoms with E-state index in [0.717, 1.165) is 4.57 Å². The molecule has 5 N–H and O–H groups in total. The molecule has 8 heteroatoms. The van der Waals surface area contributed by atoms with Crippen molar-refractivity contribution in [3.05, 3.63) is 32.6 Å². The minimum Gasteiger partial charge on any atom is -0.370 e. The van der Waals surface area contributed by atoms with Crippen LogP contribution in [0.2, 0.25) is 0 Å². The van der Waals surface area contributed by atoms with Gasteiger partial charge in [-0.25, -0.2) is 4.79 Å². The van der Waals surface area contributed by atoms with E-state index >= 15 is 0 Å². The molecule has 0 fully saturated rings. The van der Waals surface area contributed by atoms with Gasteiger partial charge in [-0.05, 0) is 6.92 Å². The number of aryl methyl sites for hydroxylation is 1. The van der Waals surface area contributed by atoms with Crippen LogP contribution in [0.25, 0.3) is 0 Å². The van der Waals surface area contributed by atoms with E-state index in [1.54, 1.807) is 0 Å². The van der Waals surface area contributed by atoms with Crippen molar-refractivity contribution >= 4 is 11.9 Å². The average Bonchev–Trinajstić information content (AvgIpc) is 2.12. The second kappa shape index (κ2) is 4.43. The summed E-state index contributed by atoms with van der Waals surface area (Å²) in [5, 5.41) is 0. The highest BCUT2D eigenvalue weighted by Crippen LogP contribution is 1.86. The second-order valence-electron chi connectivity index (χ2n) is 3.13. The normalized spacial score (nSPS) is 9.81. The Morgan fingerprint density at radius 2 is 2.12 bits per heavy atom. The maximum atomic E-state index is 11.3. The minimum atomic E-state index is -0.685. The lowest BCUT2D eigenvalue weighted by Crippen LogP contribution is -2.33. The number of nitrogens with zero attached hydrogens (tertiary/aromatic N) is 2. The Bertz CT molecular complexity index is 550. The molecule has 8 nitrogen and oxygen atoms in total. The second-order valence-corrected chi connectivity index (χ2v) is 3.13. The lowest BCUT2D eigenvalue weighted by atomic mass is 10.4. The monoisotopic (exact) mass is 225 g/mol. The van der Waals surface area contributed by atoms with Gasteiger partial charge in [0, 0.05) is 11.8 Å². The van der Waals surface area contributed by atoms with Gasteiger partial charge in [-0.15, -0.1) is 0 Å². The van der Waals surface area contributed by atoms with Gasteiger partial charge in [0.05, 0.1) is 0 Å². The molecular formula is C8H11N5O3. The number of aromatic nitrogens is 2. The van der Waals surface area contributed by atoms with Crippen molar-refractivity contribution in [3.63, 3.8) is 0 Å². The minimum absolute atomic E-state index is 0.317. The smallest absolute Gasteiger partial charge is 0.328 e. The third-order valence-corrected chi connectivity index (χ3v) is 1.75. The van der Waals surface area contributed by atoms with Crippen LogP contribution in [0.15, 0.2) is 20.8 Å². The number of hydrogen-bond acceptors (Lipinski definition) is 3. The Hall–Kier alpha value is -2.38. The fraction of sp³-hybridized carbons (Fsp3) is 0.250. The number of guanidine groups is 1. The van der Waals surface area contributed by atoms with Gasteiger partial charge in [0.15, 0.2) is 5.96 Å². The fourth-order valence-electron chi connectivity index (χ4n) is 1.06. The number of aliphatic imine (C=N–C) groups is 1. The Kier molecular flexibility index (Phi) is 3.24. The summed E-state index contributed by atoms with van der Waals surface area (Å²) in [7, 11) is 0. The molecule has 0 atom stereocenters. The maximum absolute atomic E-state index is 11.3. The van der Waals surface area contributed by atoms with Gasteiger partial charge in [0.2, 0.25) is 0 Å². The van der Waals surface area contributed by atoms with Gasteiger partial charge in [-0.3, -0.25) is 19.1 Å². The zero-order valence-electron chi connectivity index (χ0n) is 8.56. The van der Waals surface area contributed by atoms with Crippen LogP contribution in [0.4, 0.5) is 0 Å². The highest BCUT2D eigenvalue weighted by molar-refractivity contribution is 5.91.